The first kappa shape index (κ1) is 19.0. The number of hydrogen-bond acceptors (Lipinski definition) is 5. The SMILES string of the molecule is Cc1cc(N2CCN(C)CC2)ccc1NC(=O)C(C)NC(=O)c1ccco1. The van der Waals surface area contributed by atoms with Crippen molar-refractivity contribution in [2.75, 3.05) is 43.4 Å². The smallest absolute Gasteiger partial charge is 0.287 e. The lowest BCUT2D eigenvalue weighted by Crippen LogP contribution is -2.44. The zero-order valence-corrected chi connectivity index (χ0v) is 16.0. The van der Waals surface area contributed by atoms with Crippen LogP contribution in [0.2, 0.25) is 0 Å². The number of anilines is 2. The van der Waals surface area contributed by atoms with Gasteiger partial charge < -0.3 is 24.9 Å². The lowest BCUT2D eigenvalue weighted by atomic mass is 10.1. The fraction of sp³-hybridized carbons (Fsp3) is 0.400. The van der Waals surface area contributed by atoms with Gasteiger partial charge in [0.05, 0.1) is 6.26 Å². The zero-order valence-electron chi connectivity index (χ0n) is 16.0. The van der Waals surface area contributed by atoms with E-state index in [4.69, 9.17) is 4.42 Å². The first-order valence-corrected chi connectivity index (χ1v) is 9.13. The van der Waals surface area contributed by atoms with Crippen molar-refractivity contribution in [1.82, 2.24) is 10.2 Å². The first-order chi connectivity index (χ1) is 12.9. The Morgan fingerprint density at radius 3 is 2.52 bits per heavy atom. The molecule has 1 aliphatic heterocycles. The minimum atomic E-state index is -0.681. The fourth-order valence-electron chi connectivity index (χ4n) is 3.03. The first-order valence-electron chi connectivity index (χ1n) is 9.13. The number of amides is 2. The number of piperazine rings is 1. The zero-order chi connectivity index (χ0) is 19.4. The minimum absolute atomic E-state index is 0.183. The van der Waals surface area contributed by atoms with Crippen LogP contribution in [-0.2, 0) is 4.79 Å². The maximum atomic E-state index is 12.4. The summed E-state index contributed by atoms with van der Waals surface area (Å²) in [6.07, 6.45) is 1.42. The minimum Gasteiger partial charge on any atom is -0.459 e. The van der Waals surface area contributed by atoms with E-state index in [0.717, 1.165) is 43.1 Å². The van der Waals surface area contributed by atoms with Crippen LogP contribution in [0.1, 0.15) is 23.0 Å². The van der Waals surface area contributed by atoms with Crippen LogP contribution in [-0.4, -0.2) is 56.0 Å². The van der Waals surface area contributed by atoms with Crippen LogP contribution in [0, 0.1) is 6.92 Å². The van der Waals surface area contributed by atoms with Crippen molar-refractivity contribution >= 4 is 23.2 Å². The number of likely N-dealkylation sites (N-methyl/N-ethyl adjacent to an activating group) is 1. The van der Waals surface area contributed by atoms with Gasteiger partial charge in [-0.05, 0) is 56.8 Å². The summed E-state index contributed by atoms with van der Waals surface area (Å²) in [7, 11) is 2.13. The van der Waals surface area contributed by atoms with Gasteiger partial charge in [-0.3, -0.25) is 9.59 Å². The number of carbonyl (C=O) groups is 2. The molecule has 1 atom stereocenters. The van der Waals surface area contributed by atoms with Gasteiger partial charge in [0.15, 0.2) is 5.76 Å². The summed E-state index contributed by atoms with van der Waals surface area (Å²) in [5.74, 6) is -0.502. The molecule has 0 aliphatic carbocycles. The number of rotatable bonds is 5. The number of benzene rings is 1. The molecule has 1 fully saturated rings. The molecule has 3 rings (SSSR count). The Bertz CT molecular complexity index is 796. The number of hydrogen-bond donors (Lipinski definition) is 2. The Labute approximate surface area is 159 Å². The molecule has 2 amide bonds. The summed E-state index contributed by atoms with van der Waals surface area (Å²) in [6, 6.07) is 8.54. The van der Waals surface area contributed by atoms with Gasteiger partial charge in [0, 0.05) is 37.6 Å². The fourth-order valence-corrected chi connectivity index (χ4v) is 3.03. The number of aryl methyl sites for hydroxylation is 1. The van der Waals surface area contributed by atoms with E-state index < -0.39 is 11.9 Å². The second-order valence-electron chi connectivity index (χ2n) is 6.95. The topological polar surface area (TPSA) is 77.8 Å². The Morgan fingerprint density at radius 1 is 1.15 bits per heavy atom. The standard InChI is InChI=1S/C20H26N4O3/c1-14-13-16(24-10-8-23(3)9-11-24)6-7-17(14)22-19(25)15(2)21-20(26)18-5-4-12-27-18/h4-7,12-13,15H,8-11H2,1-3H3,(H,21,26)(H,22,25). The summed E-state index contributed by atoms with van der Waals surface area (Å²) in [5.41, 5.74) is 2.90. The Kier molecular flexibility index (Phi) is 5.81. The normalized spacial score (nSPS) is 16.0. The summed E-state index contributed by atoms with van der Waals surface area (Å²) in [6.45, 7) is 7.70. The molecule has 0 spiro atoms. The van der Waals surface area contributed by atoms with E-state index in [1.165, 1.54) is 6.26 Å². The third-order valence-corrected chi connectivity index (χ3v) is 4.82. The van der Waals surface area contributed by atoms with Crippen molar-refractivity contribution in [3.05, 3.63) is 47.9 Å². The van der Waals surface area contributed by atoms with Gasteiger partial charge in [-0.2, -0.15) is 0 Å². The molecule has 144 valence electrons. The highest BCUT2D eigenvalue weighted by Gasteiger charge is 2.19. The molecule has 2 heterocycles. The van der Waals surface area contributed by atoms with Crippen molar-refractivity contribution in [2.24, 2.45) is 0 Å². The molecule has 1 unspecified atom stereocenters. The maximum Gasteiger partial charge on any atom is 0.287 e. The molecule has 0 radical (unpaired) electrons. The van der Waals surface area contributed by atoms with Gasteiger partial charge in [-0.25, -0.2) is 0 Å². The van der Waals surface area contributed by atoms with Crippen LogP contribution in [0.3, 0.4) is 0 Å². The molecule has 1 saturated heterocycles. The summed E-state index contributed by atoms with van der Waals surface area (Å²) < 4.78 is 5.04. The largest absolute Gasteiger partial charge is 0.459 e. The quantitative estimate of drug-likeness (QED) is 0.843. The predicted molar refractivity (Wildman–Crippen MR) is 105 cm³/mol. The molecule has 1 aromatic carbocycles. The summed E-state index contributed by atoms with van der Waals surface area (Å²) in [5, 5.41) is 5.52. The average Bonchev–Trinajstić information content (AvgIpc) is 3.19. The Hall–Kier alpha value is -2.80. The maximum absolute atomic E-state index is 12.4. The Balaban J connectivity index is 1.59. The van der Waals surface area contributed by atoms with E-state index in [-0.39, 0.29) is 11.7 Å². The third-order valence-electron chi connectivity index (χ3n) is 4.82. The molecule has 0 bridgehead atoms. The molecular weight excluding hydrogens is 344 g/mol. The van der Waals surface area contributed by atoms with Crippen LogP contribution in [0.25, 0.3) is 0 Å². The molecular formula is C20H26N4O3. The van der Waals surface area contributed by atoms with Gasteiger partial charge >= 0.3 is 0 Å². The lowest BCUT2D eigenvalue weighted by Gasteiger charge is -2.34. The van der Waals surface area contributed by atoms with E-state index in [1.807, 2.05) is 19.1 Å². The second kappa shape index (κ2) is 8.26. The van der Waals surface area contributed by atoms with Crippen molar-refractivity contribution in [3.63, 3.8) is 0 Å². The highest BCUT2D eigenvalue weighted by Crippen LogP contribution is 2.23. The van der Waals surface area contributed by atoms with E-state index in [9.17, 15) is 9.59 Å². The molecule has 7 heteroatoms. The summed E-state index contributed by atoms with van der Waals surface area (Å²) >= 11 is 0. The second-order valence-corrected chi connectivity index (χ2v) is 6.95. The van der Waals surface area contributed by atoms with E-state index in [1.54, 1.807) is 19.1 Å². The van der Waals surface area contributed by atoms with Gasteiger partial charge in [-0.1, -0.05) is 0 Å². The van der Waals surface area contributed by atoms with Gasteiger partial charge in [0.2, 0.25) is 5.91 Å². The van der Waals surface area contributed by atoms with Crippen molar-refractivity contribution < 1.29 is 14.0 Å². The molecule has 7 nitrogen and oxygen atoms in total. The van der Waals surface area contributed by atoms with Crippen LogP contribution in [0.4, 0.5) is 11.4 Å². The highest BCUT2D eigenvalue weighted by atomic mass is 16.3. The van der Waals surface area contributed by atoms with Gasteiger partial charge in [0.1, 0.15) is 6.04 Å². The number of furan rings is 1. The van der Waals surface area contributed by atoms with Crippen molar-refractivity contribution in [3.8, 4) is 0 Å². The lowest BCUT2D eigenvalue weighted by molar-refractivity contribution is -0.117. The predicted octanol–water partition coefficient (Wildman–Crippen LogP) is 2.10. The van der Waals surface area contributed by atoms with Crippen LogP contribution < -0.4 is 15.5 Å². The molecule has 2 aromatic rings. The van der Waals surface area contributed by atoms with Crippen LogP contribution >= 0.6 is 0 Å². The number of carbonyl (C=O) groups excluding carboxylic acids is 2. The van der Waals surface area contributed by atoms with E-state index in [0.29, 0.717) is 0 Å². The van der Waals surface area contributed by atoms with E-state index >= 15 is 0 Å². The van der Waals surface area contributed by atoms with Crippen molar-refractivity contribution in [2.45, 2.75) is 19.9 Å². The number of nitrogens with zero attached hydrogens (tertiary/aromatic N) is 2. The van der Waals surface area contributed by atoms with E-state index in [2.05, 4.69) is 33.5 Å². The molecule has 1 aromatic heterocycles. The third kappa shape index (κ3) is 4.68. The van der Waals surface area contributed by atoms with Gasteiger partial charge in [0.25, 0.3) is 5.91 Å². The summed E-state index contributed by atoms with van der Waals surface area (Å²) in [4.78, 5) is 29.1. The highest BCUT2D eigenvalue weighted by molar-refractivity contribution is 6.00. The van der Waals surface area contributed by atoms with Crippen molar-refractivity contribution in [1.29, 1.82) is 0 Å². The molecule has 2 N–H and O–H groups in total. The van der Waals surface area contributed by atoms with Crippen LogP contribution in [0.15, 0.2) is 41.0 Å². The number of nitrogens with one attached hydrogen (secondary N) is 2. The Morgan fingerprint density at radius 2 is 1.89 bits per heavy atom. The molecule has 1 aliphatic rings. The average molecular weight is 370 g/mol. The monoisotopic (exact) mass is 370 g/mol. The molecule has 27 heavy (non-hydrogen) atoms. The molecule has 0 saturated carbocycles. The van der Waals surface area contributed by atoms with Crippen LogP contribution in [0.5, 0.6) is 0 Å². The van der Waals surface area contributed by atoms with Gasteiger partial charge in [-0.15, -0.1) is 0 Å².